The zero-order valence-corrected chi connectivity index (χ0v) is 14.3. The van der Waals surface area contributed by atoms with E-state index in [-0.39, 0.29) is 5.91 Å². The molecule has 3 nitrogen and oxygen atoms in total. The van der Waals surface area contributed by atoms with E-state index in [4.69, 9.17) is 5.73 Å². The maximum atomic E-state index is 12.3. The molecule has 0 aliphatic carbocycles. The van der Waals surface area contributed by atoms with Gasteiger partial charge in [0.05, 0.1) is 5.56 Å². The van der Waals surface area contributed by atoms with Crippen molar-refractivity contribution in [3.63, 3.8) is 0 Å². The van der Waals surface area contributed by atoms with Crippen LogP contribution in [0.2, 0.25) is 0 Å². The molecular formula is C15H14Br2N2O. The molecule has 2 rings (SSSR count). The van der Waals surface area contributed by atoms with Gasteiger partial charge in [-0.2, -0.15) is 0 Å². The maximum absolute atomic E-state index is 12.3. The fourth-order valence-corrected chi connectivity index (χ4v) is 2.59. The van der Waals surface area contributed by atoms with Crippen molar-refractivity contribution in [3.8, 4) is 0 Å². The van der Waals surface area contributed by atoms with Crippen LogP contribution in [0.4, 0.5) is 11.4 Å². The standard InChI is InChI=1S/C15H14Br2N2O/c1-8-5-11(6-9(2)14(8)17)19-15(20)12-7-10(18)3-4-13(12)16/h3-7H,18H2,1-2H3,(H,19,20). The van der Waals surface area contributed by atoms with Crippen LogP contribution in [0.25, 0.3) is 0 Å². The number of rotatable bonds is 2. The lowest BCUT2D eigenvalue weighted by atomic mass is 10.1. The molecule has 2 aromatic rings. The van der Waals surface area contributed by atoms with Crippen LogP contribution in [0.1, 0.15) is 21.5 Å². The summed E-state index contributed by atoms with van der Waals surface area (Å²) in [5.74, 6) is -0.190. The first-order valence-electron chi connectivity index (χ1n) is 6.01. The Bertz CT molecular complexity index is 661. The summed E-state index contributed by atoms with van der Waals surface area (Å²) in [4.78, 5) is 12.3. The number of amides is 1. The van der Waals surface area contributed by atoms with Gasteiger partial charge >= 0.3 is 0 Å². The summed E-state index contributed by atoms with van der Waals surface area (Å²) in [5, 5.41) is 2.89. The van der Waals surface area contributed by atoms with Gasteiger partial charge < -0.3 is 11.1 Å². The van der Waals surface area contributed by atoms with E-state index < -0.39 is 0 Å². The number of hydrogen-bond acceptors (Lipinski definition) is 2. The van der Waals surface area contributed by atoms with Crippen LogP contribution in [-0.4, -0.2) is 5.91 Å². The number of nitrogen functional groups attached to an aromatic ring is 1. The zero-order chi connectivity index (χ0) is 14.9. The van der Waals surface area contributed by atoms with Crippen molar-refractivity contribution in [2.75, 3.05) is 11.1 Å². The highest BCUT2D eigenvalue weighted by molar-refractivity contribution is 9.10. The Hall–Kier alpha value is -1.33. The molecule has 0 saturated carbocycles. The maximum Gasteiger partial charge on any atom is 0.256 e. The van der Waals surface area contributed by atoms with E-state index in [1.165, 1.54) is 0 Å². The average molecular weight is 398 g/mol. The molecule has 20 heavy (non-hydrogen) atoms. The highest BCUT2D eigenvalue weighted by atomic mass is 79.9. The first-order valence-corrected chi connectivity index (χ1v) is 7.60. The highest BCUT2D eigenvalue weighted by Crippen LogP contribution is 2.26. The Labute approximate surface area is 134 Å². The smallest absolute Gasteiger partial charge is 0.256 e. The largest absolute Gasteiger partial charge is 0.399 e. The van der Waals surface area contributed by atoms with Crippen LogP contribution < -0.4 is 11.1 Å². The molecule has 1 amide bonds. The fraction of sp³-hybridized carbons (Fsp3) is 0.133. The average Bonchev–Trinajstić information content (AvgIpc) is 2.38. The molecule has 3 N–H and O–H groups in total. The van der Waals surface area contributed by atoms with Crippen molar-refractivity contribution < 1.29 is 4.79 Å². The number of halogens is 2. The molecule has 2 aromatic carbocycles. The van der Waals surface area contributed by atoms with E-state index in [0.29, 0.717) is 11.3 Å². The van der Waals surface area contributed by atoms with Gasteiger partial charge in [-0.15, -0.1) is 0 Å². The topological polar surface area (TPSA) is 55.1 Å². The summed E-state index contributed by atoms with van der Waals surface area (Å²) in [6.45, 7) is 3.98. The summed E-state index contributed by atoms with van der Waals surface area (Å²) in [7, 11) is 0. The molecule has 0 aliphatic rings. The molecule has 0 bridgehead atoms. The van der Waals surface area contributed by atoms with Crippen LogP contribution in [0.3, 0.4) is 0 Å². The molecule has 0 aromatic heterocycles. The van der Waals surface area contributed by atoms with Gasteiger partial charge in [-0.1, -0.05) is 15.9 Å². The number of nitrogens with two attached hydrogens (primary N) is 1. The van der Waals surface area contributed by atoms with Gasteiger partial charge in [0.1, 0.15) is 0 Å². The van der Waals surface area contributed by atoms with Gasteiger partial charge in [-0.05, 0) is 71.2 Å². The van der Waals surface area contributed by atoms with Gasteiger partial charge in [0, 0.05) is 20.3 Å². The second-order valence-corrected chi connectivity index (χ2v) is 6.26. The fourth-order valence-electron chi connectivity index (χ4n) is 1.93. The summed E-state index contributed by atoms with van der Waals surface area (Å²) >= 11 is 6.87. The van der Waals surface area contributed by atoms with Gasteiger partial charge in [0.15, 0.2) is 0 Å². The first kappa shape index (κ1) is 15.1. The molecule has 0 radical (unpaired) electrons. The molecule has 0 fully saturated rings. The molecule has 104 valence electrons. The number of aryl methyl sites for hydroxylation is 2. The third-order valence-electron chi connectivity index (χ3n) is 2.93. The normalized spacial score (nSPS) is 10.4. The molecule has 0 heterocycles. The van der Waals surface area contributed by atoms with Crippen molar-refractivity contribution in [1.29, 1.82) is 0 Å². The Balaban J connectivity index is 2.30. The van der Waals surface area contributed by atoms with Crippen molar-refractivity contribution in [3.05, 3.63) is 56.0 Å². The van der Waals surface area contributed by atoms with E-state index in [1.54, 1.807) is 18.2 Å². The second-order valence-electron chi connectivity index (χ2n) is 4.62. The zero-order valence-electron chi connectivity index (χ0n) is 11.1. The van der Waals surface area contributed by atoms with Crippen molar-refractivity contribution in [2.24, 2.45) is 0 Å². The number of anilines is 2. The van der Waals surface area contributed by atoms with Crippen LogP contribution >= 0.6 is 31.9 Å². The molecule has 0 saturated heterocycles. The predicted octanol–water partition coefficient (Wildman–Crippen LogP) is 4.66. The van der Waals surface area contributed by atoms with E-state index >= 15 is 0 Å². The Morgan fingerprint density at radius 3 is 2.30 bits per heavy atom. The predicted molar refractivity (Wildman–Crippen MR) is 90.1 cm³/mol. The number of carbonyl (C=O) groups is 1. The lowest BCUT2D eigenvalue weighted by molar-refractivity contribution is 0.102. The Kier molecular flexibility index (Phi) is 4.50. The monoisotopic (exact) mass is 396 g/mol. The third-order valence-corrected chi connectivity index (χ3v) is 4.87. The minimum absolute atomic E-state index is 0.190. The SMILES string of the molecule is Cc1cc(NC(=O)c2cc(N)ccc2Br)cc(C)c1Br. The number of nitrogens with one attached hydrogen (secondary N) is 1. The Morgan fingerprint density at radius 1 is 1.10 bits per heavy atom. The van der Waals surface area contributed by atoms with Gasteiger partial charge in [0.2, 0.25) is 0 Å². The quantitative estimate of drug-likeness (QED) is 0.723. The van der Waals surface area contributed by atoms with E-state index in [2.05, 4.69) is 37.2 Å². The molecule has 0 unspecified atom stereocenters. The summed E-state index contributed by atoms with van der Waals surface area (Å²) in [6, 6.07) is 9.01. The second kappa shape index (κ2) is 5.97. The minimum atomic E-state index is -0.190. The lowest BCUT2D eigenvalue weighted by Crippen LogP contribution is -2.13. The van der Waals surface area contributed by atoms with Gasteiger partial charge in [0.25, 0.3) is 5.91 Å². The van der Waals surface area contributed by atoms with Crippen LogP contribution in [0.5, 0.6) is 0 Å². The number of benzene rings is 2. The summed E-state index contributed by atoms with van der Waals surface area (Å²) < 4.78 is 1.77. The Morgan fingerprint density at radius 2 is 1.70 bits per heavy atom. The van der Waals surface area contributed by atoms with Crippen LogP contribution in [0.15, 0.2) is 39.3 Å². The highest BCUT2D eigenvalue weighted by Gasteiger charge is 2.12. The van der Waals surface area contributed by atoms with Crippen molar-refractivity contribution in [2.45, 2.75) is 13.8 Å². The molecule has 0 aliphatic heterocycles. The van der Waals surface area contributed by atoms with Gasteiger partial charge in [-0.3, -0.25) is 4.79 Å². The van der Waals surface area contributed by atoms with Crippen LogP contribution in [-0.2, 0) is 0 Å². The van der Waals surface area contributed by atoms with Crippen molar-refractivity contribution >= 4 is 49.1 Å². The summed E-state index contributed by atoms with van der Waals surface area (Å²) in [5.41, 5.74) is 9.71. The van der Waals surface area contributed by atoms with E-state index in [1.807, 2.05) is 26.0 Å². The molecular weight excluding hydrogens is 384 g/mol. The lowest BCUT2D eigenvalue weighted by Gasteiger charge is -2.11. The van der Waals surface area contributed by atoms with E-state index in [0.717, 1.165) is 25.8 Å². The molecule has 0 atom stereocenters. The first-order chi connectivity index (χ1) is 9.38. The third kappa shape index (κ3) is 3.22. The summed E-state index contributed by atoms with van der Waals surface area (Å²) in [6.07, 6.45) is 0. The van der Waals surface area contributed by atoms with Crippen LogP contribution in [0, 0.1) is 13.8 Å². The number of carbonyl (C=O) groups excluding carboxylic acids is 1. The number of hydrogen-bond donors (Lipinski definition) is 2. The minimum Gasteiger partial charge on any atom is -0.399 e. The van der Waals surface area contributed by atoms with Crippen molar-refractivity contribution in [1.82, 2.24) is 0 Å². The van der Waals surface area contributed by atoms with Gasteiger partial charge in [-0.25, -0.2) is 0 Å². The molecule has 5 heteroatoms. The van der Waals surface area contributed by atoms with E-state index in [9.17, 15) is 4.79 Å². The molecule has 0 spiro atoms.